The number of rotatable bonds is 0. The molecule has 0 saturated carbocycles. The summed E-state index contributed by atoms with van der Waals surface area (Å²) in [6.07, 6.45) is 1.87. The highest BCUT2D eigenvalue weighted by atomic mass is 32.3. The van der Waals surface area contributed by atoms with E-state index in [1.807, 2.05) is 18.6 Å². The van der Waals surface area contributed by atoms with Gasteiger partial charge in [-0.15, -0.1) is 11.3 Å². The van der Waals surface area contributed by atoms with Gasteiger partial charge < -0.3 is 4.57 Å². The van der Waals surface area contributed by atoms with Gasteiger partial charge in [-0.05, 0) is 0 Å². The Morgan fingerprint density at radius 1 is 1.58 bits per heavy atom. The molecule has 70 valence electrons. The van der Waals surface area contributed by atoms with Crippen molar-refractivity contribution in [2.75, 3.05) is 0 Å². The van der Waals surface area contributed by atoms with Crippen molar-refractivity contribution in [2.24, 2.45) is 7.05 Å². The molecular weight excluding hydrogens is 204 g/mol. The first-order valence-electron chi connectivity index (χ1n) is 2.65. The Kier molecular flexibility index (Phi) is 4.10. The molecule has 1 aromatic rings. The van der Waals surface area contributed by atoms with Crippen LogP contribution in [-0.4, -0.2) is 22.1 Å². The number of nitrogens with zero attached hydrogens (tertiary/aromatic N) is 1. The first-order valence-corrected chi connectivity index (χ1v) is 4.93. The number of nitrogens with one attached hydrogen (secondary N) is 1. The van der Waals surface area contributed by atoms with Crippen molar-refractivity contribution in [3.8, 4) is 0 Å². The predicted octanol–water partition coefficient (Wildman–Crippen LogP) is -0.0867. The van der Waals surface area contributed by atoms with E-state index in [1.165, 1.54) is 11.3 Å². The topological polar surface area (TPSA) is 103 Å². The lowest BCUT2D eigenvalue weighted by atomic mass is 10.9. The van der Waals surface area contributed by atoms with E-state index in [-0.39, 0.29) is 0 Å². The average Bonchev–Trinajstić information content (AvgIpc) is 2.12. The van der Waals surface area contributed by atoms with Gasteiger partial charge >= 0.3 is 10.4 Å². The molecule has 1 rings (SSSR count). The molecule has 0 unspecified atom stereocenters. The van der Waals surface area contributed by atoms with Crippen molar-refractivity contribution in [1.29, 1.82) is 5.41 Å². The minimum absolute atomic E-state index is 0.597. The third kappa shape index (κ3) is 7.41. The molecule has 1 heterocycles. The third-order valence-corrected chi connectivity index (χ3v) is 1.55. The van der Waals surface area contributed by atoms with Crippen LogP contribution in [0.5, 0.6) is 0 Å². The molecule has 3 N–H and O–H groups in total. The zero-order valence-corrected chi connectivity index (χ0v) is 7.76. The first-order chi connectivity index (χ1) is 5.30. The molecule has 0 aliphatic carbocycles. The Hall–Kier alpha value is -0.700. The van der Waals surface area contributed by atoms with E-state index in [0.29, 0.717) is 4.80 Å². The molecule has 0 aliphatic heterocycles. The monoisotopic (exact) mass is 212 g/mol. The van der Waals surface area contributed by atoms with E-state index in [1.54, 1.807) is 4.57 Å². The summed E-state index contributed by atoms with van der Waals surface area (Å²) in [5.74, 6) is 0. The lowest BCUT2D eigenvalue weighted by molar-refractivity contribution is 0.381. The molecule has 12 heavy (non-hydrogen) atoms. The molecule has 0 atom stereocenters. The van der Waals surface area contributed by atoms with Crippen molar-refractivity contribution < 1.29 is 17.5 Å². The maximum absolute atomic E-state index is 8.74. The van der Waals surface area contributed by atoms with Gasteiger partial charge in [-0.3, -0.25) is 14.5 Å². The van der Waals surface area contributed by atoms with E-state index < -0.39 is 10.4 Å². The summed E-state index contributed by atoms with van der Waals surface area (Å²) in [6, 6.07) is 0. The van der Waals surface area contributed by atoms with Gasteiger partial charge in [0.05, 0.1) is 0 Å². The van der Waals surface area contributed by atoms with Crippen LogP contribution in [0.25, 0.3) is 0 Å². The molecule has 6 nitrogen and oxygen atoms in total. The molecule has 0 fully saturated rings. The van der Waals surface area contributed by atoms with Gasteiger partial charge in [0.2, 0.25) is 0 Å². The largest absolute Gasteiger partial charge is 0.394 e. The Morgan fingerprint density at radius 3 is 2.08 bits per heavy atom. The maximum atomic E-state index is 8.74. The van der Waals surface area contributed by atoms with E-state index in [0.717, 1.165) is 0 Å². The van der Waals surface area contributed by atoms with Crippen molar-refractivity contribution in [3.05, 3.63) is 16.4 Å². The quantitative estimate of drug-likeness (QED) is 0.523. The lowest BCUT2D eigenvalue weighted by Crippen LogP contribution is -2.05. The van der Waals surface area contributed by atoms with Crippen LogP contribution in [0.2, 0.25) is 0 Å². The molecule has 0 spiro atoms. The molecule has 0 aliphatic rings. The van der Waals surface area contributed by atoms with Crippen LogP contribution in [0.1, 0.15) is 0 Å². The zero-order valence-electron chi connectivity index (χ0n) is 6.13. The second kappa shape index (κ2) is 4.36. The van der Waals surface area contributed by atoms with Crippen LogP contribution in [0.3, 0.4) is 0 Å². The fourth-order valence-electron chi connectivity index (χ4n) is 0.337. The van der Waals surface area contributed by atoms with Gasteiger partial charge in [0, 0.05) is 18.6 Å². The second-order valence-corrected chi connectivity index (χ2v) is 3.56. The van der Waals surface area contributed by atoms with Gasteiger partial charge in [-0.1, -0.05) is 0 Å². The molecule has 0 saturated heterocycles. The van der Waals surface area contributed by atoms with Crippen LogP contribution in [0.4, 0.5) is 0 Å². The third-order valence-electron chi connectivity index (χ3n) is 0.784. The van der Waals surface area contributed by atoms with Gasteiger partial charge in [-0.25, -0.2) is 0 Å². The van der Waals surface area contributed by atoms with Crippen LogP contribution in [-0.2, 0) is 17.4 Å². The van der Waals surface area contributed by atoms with E-state index >= 15 is 0 Å². The maximum Gasteiger partial charge on any atom is 0.394 e. The Bertz CT molecular complexity index is 368. The van der Waals surface area contributed by atoms with E-state index in [2.05, 4.69) is 0 Å². The van der Waals surface area contributed by atoms with E-state index in [4.69, 9.17) is 22.9 Å². The predicted molar refractivity (Wildman–Crippen MR) is 43.3 cm³/mol. The summed E-state index contributed by atoms with van der Waals surface area (Å²) in [7, 11) is -2.81. The summed E-state index contributed by atoms with van der Waals surface area (Å²) in [5.41, 5.74) is 0. The van der Waals surface area contributed by atoms with Gasteiger partial charge in [0.25, 0.3) is 0 Å². The molecule has 8 heteroatoms. The molecular formula is C4H8N2O4S2. The SMILES string of the molecule is Cn1ccsc1=N.O=S(=O)(O)O. The van der Waals surface area contributed by atoms with Crippen LogP contribution >= 0.6 is 11.3 Å². The second-order valence-electron chi connectivity index (χ2n) is 1.77. The van der Waals surface area contributed by atoms with Crippen molar-refractivity contribution >= 4 is 21.7 Å². The minimum atomic E-state index is -4.67. The molecule has 1 aromatic heterocycles. The minimum Gasteiger partial charge on any atom is -0.327 e. The lowest BCUT2D eigenvalue weighted by Gasteiger charge is -1.79. The number of aryl methyl sites for hydroxylation is 1. The van der Waals surface area contributed by atoms with Crippen LogP contribution in [0, 0.1) is 5.41 Å². The molecule has 0 amide bonds. The highest BCUT2D eigenvalue weighted by Crippen LogP contribution is 1.82. The van der Waals surface area contributed by atoms with Crippen LogP contribution < -0.4 is 4.80 Å². The van der Waals surface area contributed by atoms with Crippen molar-refractivity contribution in [3.63, 3.8) is 0 Å². The van der Waals surface area contributed by atoms with Gasteiger partial charge in [0.15, 0.2) is 4.80 Å². The Labute approximate surface area is 73.2 Å². The highest BCUT2D eigenvalue weighted by Gasteiger charge is 1.84. The average molecular weight is 212 g/mol. The molecule has 0 bridgehead atoms. The number of hydrogen-bond acceptors (Lipinski definition) is 4. The van der Waals surface area contributed by atoms with Crippen LogP contribution in [0.15, 0.2) is 11.6 Å². The Morgan fingerprint density at radius 2 is 2.00 bits per heavy atom. The molecule has 0 aromatic carbocycles. The number of thiazole rings is 1. The number of aromatic nitrogens is 1. The molecule has 0 radical (unpaired) electrons. The smallest absolute Gasteiger partial charge is 0.327 e. The van der Waals surface area contributed by atoms with Gasteiger partial charge in [-0.2, -0.15) is 8.42 Å². The zero-order chi connectivity index (χ0) is 9.78. The fraction of sp³-hybridized carbons (Fsp3) is 0.250. The van der Waals surface area contributed by atoms with Crippen molar-refractivity contribution in [2.45, 2.75) is 0 Å². The van der Waals surface area contributed by atoms with Crippen molar-refractivity contribution in [1.82, 2.24) is 4.57 Å². The normalized spacial score (nSPS) is 10.2. The summed E-state index contributed by atoms with van der Waals surface area (Å²) in [5, 5.41) is 8.97. The Balaban J connectivity index is 0.000000217. The fourth-order valence-corrected chi connectivity index (χ4v) is 0.936. The highest BCUT2D eigenvalue weighted by molar-refractivity contribution is 7.79. The van der Waals surface area contributed by atoms with E-state index in [9.17, 15) is 0 Å². The summed E-state index contributed by atoms with van der Waals surface area (Å²) in [4.78, 5) is 0.597. The van der Waals surface area contributed by atoms with Gasteiger partial charge in [0.1, 0.15) is 0 Å². The summed E-state index contributed by atoms with van der Waals surface area (Å²) >= 11 is 1.43. The first kappa shape index (κ1) is 11.3. The number of hydrogen-bond donors (Lipinski definition) is 3. The standard InChI is InChI=1S/C4H6N2S.H2O4S/c1-6-2-3-7-4(6)5;1-5(2,3)4/h2-3,5H,1H3;(H2,1,2,3,4). The summed E-state index contributed by atoms with van der Waals surface area (Å²) in [6.45, 7) is 0. The summed E-state index contributed by atoms with van der Waals surface area (Å²) < 4.78 is 33.4.